The van der Waals surface area contributed by atoms with Gasteiger partial charge in [-0.25, -0.2) is 4.68 Å². The molecule has 0 aliphatic carbocycles. The number of hydrogen-bond acceptors (Lipinski definition) is 6. The molecule has 3 aromatic carbocycles. The average Bonchev–Trinajstić information content (AvgIpc) is 3.28. The molecule has 0 unspecified atom stereocenters. The minimum atomic E-state index is -0.390. The molecule has 4 rings (SSSR count). The monoisotopic (exact) mass is 487 g/mol. The zero-order chi connectivity index (χ0) is 25.8. The molecule has 0 aliphatic heterocycles. The fourth-order valence-corrected chi connectivity index (χ4v) is 4.69. The van der Waals surface area contributed by atoms with E-state index in [2.05, 4.69) is 41.5 Å². The smallest absolute Gasteiger partial charge is 0.309 e. The summed E-state index contributed by atoms with van der Waals surface area (Å²) in [6, 6.07) is 18.3. The SMILES string of the molecule is COC(=O)[C@H](C)[C@@H](c1ccc(C)c(COCc2ccc(OC)cc2)c1)c1ccc2c(nnn2C)c1C. The Morgan fingerprint density at radius 2 is 1.75 bits per heavy atom. The van der Waals surface area contributed by atoms with E-state index in [0.717, 1.165) is 50.2 Å². The Labute approximate surface area is 212 Å². The lowest BCUT2D eigenvalue weighted by molar-refractivity contribution is -0.145. The summed E-state index contributed by atoms with van der Waals surface area (Å²) in [7, 11) is 4.96. The van der Waals surface area contributed by atoms with Crippen LogP contribution in [0.5, 0.6) is 5.75 Å². The molecule has 188 valence electrons. The summed E-state index contributed by atoms with van der Waals surface area (Å²) in [4.78, 5) is 12.7. The molecule has 7 heteroatoms. The number of carbonyl (C=O) groups excluding carboxylic acids is 1. The summed E-state index contributed by atoms with van der Waals surface area (Å²) in [6.45, 7) is 6.99. The Kier molecular flexibility index (Phi) is 7.70. The third-order valence-corrected chi connectivity index (χ3v) is 6.90. The summed E-state index contributed by atoms with van der Waals surface area (Å²) in [5.74, 6) is -0.0251. The highest BCUT2D eigenvalue weighted by Gasteiger charge is 2.30. The molecule has 0 fully saturated rings. The number of aromatic nitrogens is 3. The van der Waals surface area contributed by atoms with Gasteiger partial charge < -0.3 is 14.2 Å². The van der Waals surface area contributed by atoms with Gasteiger partial charge in [0.05, 0.1) is 38.9 Å². The lowest BCUT2D eigenvalue weighted by atomic mass is 9.79. The minimum Gasteiger partial charge on any atom is -0.497 e. The maximum absolute atomic E-state index is 12.7. The molecule has 0 radical (unpaired) electrons. The van der Waals surface area contributed by atoms with E-state index >= 15 is 0 Å². The summed E-state index contributed by atoms with van der Waals surface area (Å²) >= 11 is 0. The number of nitrogens with zero attached hydrogens (tertiary/aromatic N) is 3. The summed E-state index contributed by atoms with van der Waals surface area (Å²) in [6.07, 6.45) is 0. The first-order chi connectivity index (χ1) is 17.3. The van der Waals surface area contributed by atoms with Crippen LogP contribution in [0.1, 0.15) is 46.2 Å². The zero-order valence-electron chi connectivity index (χ0n) is 21.7. The number of benzene rings is 3. The number of esters is 1. The van der Waals surface area contributed by atoms with Crippen LogP contribution in [-0.4, -0.2) is 35.2 Å². The first kappa shape index (κ1) is 25.4. The first-order valence-corrected chi connectivity index (χ1v) is 12.0. The van der Waals surface area contributed by atoms with E-state index in [9.17, 15) is 4.79 Å². The van der Waals surface area contributed by atoms with Gasteiger partial charge in [-0.3, -0.25) is 4.79 Å². The number of hydrogen-bond donors (Lipinski definition) is 0. The Morgan fingerprint density at radius 3 is 2.44 bits per heavy atom. The van der Waals surface area contributed by atoms with Gasteiger partial charge in [-0.1, -0.05) is 48.5 Å². The molecule has 0 aliphatic rings. The molecule has 7 nitrogen and oxygen atoms in total. The van der Waals surface area contributed by atoms with Gasteiger partial charge in [-0.05, 0) is 65.4 Å². The fourth-order valence-electron chi connectivity index (χ4n) is 4.69. The number of carbonyl (C=O) groups is 1. The van der Waals surface area contributed by atoms with Crippen LogP contribution in [0, 0.1) is 19.8 Å². The Hall–Kier alpha value is -3.71. The largest absolute Gasteiger partial charge is 0.497 e. The zero-order valence-corrected chi connectivity index (χ0v) is 21.7. The van der Waals surface area contributed by atoms with E-state index in [0.29, 0.717) is 13.2 Å². The third kappa shape index (κ3) is 5.11. The van der Waals surface area contributed by atoms with Gasteiger partial charge in [0.25, 0.3) is 0 Å². The molecule has 0 N–H and O–H groups in total. The van der Waals surface area contributed by atoms with E-state index in [1.165, 1.54) is 7.11 Å². The number of rotatable bonds is 9. The second-order valence-electron chi connectivity index (χ2n) is 9.18. The van der Waals surface area contributed by atoms with Crippen LogP contribution in [0.2, 0.25) is 0 Å². The molecular formula is C29H33N3O4. The van der Waals surface area contributed by atoms with Crippen molar-refractivity contribution >= 4 is 17.0 Å². The molecule has 4 aromatic rings. The first-order valence-electron chi connectivity index (χ1n) is 12.0. The Morgan fingerprint density at radius 1 is 1.00 bits per heavy atom. The highest BCUT2D eigenvalue weighted by molar-refractivity contribution is 5.81. The van der Waals surface area contributed by atoms with Crippen molar-refractivity contribution in [3.8, 4) is 5.75 Å². The highest BCUT2D eigenvalue weighted by atomic mass is 16.5. The second kappa shape index (κ2) is 10.9. The Balaban J connectivity index is 1.65. The van der Waals surface area contributed by atoms with Gasteiger partial charge in [0.1, 0.15) is 11.3 Å². The van der Waals surface area contributed by atoms with E-state index in [1.54, 1.807) is 11.8 Å². The number of ether oxygens (including phenoxy) is 3. The van der Waals surface area contributed by atoms with Gasteiger partial charge in [-0.2, -0.15) is 0 Å². The van der Waals surface area contributed by atoms with Crippen LogP contribution in [0.25, 0.3) is 11.0 Å². The lowest BCUT2D eigenvalue weighted by Gasteiger charge is -2.26. The van der Waals surface area contributed by atoms with Crippen molar-refractivity contribution in [1.82, 2.24) is 15.0 Å². The Bertz CT molecular complexity index is 1360. The van der Waals surface area contributed by atoms with Crippen molar-refractivity contribution in [3.05, 3.63) is 88.0 Å². The fraction of sp³-hybridized carbons (Fsp3) is 0.345. The summed E-state index contributed by atoms with van der Waals surface area (Å²) in [5.41, 5.74) is 8.18. The molecule has 1 aromatic heterocycles. The number of fused-ring (bicyclic) bond motifs is 1. The van der Waals surface area contributed by atoms with Crippen molar-refractivity contribution in [2.24, 2.45) is 13.0 Å². The van der Waals surface area contributed by atoms with Crippen molar-refractivity contribution in [3.63, 3.8) is 0 Å². The molecule has 36 heavy (non-hydrogen) atoms. The predicted molar refractivity (Wildman–Crippen MR) is 139 cm³/mol. The van der Waals surface area contributed by atoms with E-state index < -0.39 is 5.92 Å². The summed E-state index contributed by atoms with van der Waals surface area (Å²) < 4.78 is 18.2. The van der Waals surface area contributed by atoms with E-state index in [4.69, 9.17) is 14.2 Å². The molecule has 0 spiro atoms. The van der Waals surface area contributed by atoms with Crippen LogP contribution >= 0.6 is 0 Å². The molecule has 0 saturated heterocycles. The van der Waals surface area contributed by atoms with Crippen LogP contribution < -0.4 is 4.74 Å². The van der Waals surface area contributed by atoms with Crippen molar-refractivity contribution in [1.29, 1.82) is 0 Å². The quantitative estimate of drug-likeness (QED) is 0.300. The van der Waals surface area contributed by atoms with Crippen molar-refractivity contribution in [2.75, 3.05) is 14.2 Å². The van der Waals surface area contributed by atoms with Crippen molar-refractivity contribution in [2.45, 2.75) is 39.9 Å². The van der Waals surface area contributed by atoms with Gasteiger partial charge in [0.2, 0.25) is 0 Å². The maximum atomic E-state index is 12.7. The van der Waals surface area contributed by atoms with Crippen LogP contribution in [0.3, 0.4) is 0 Å². The minimum absolute atomic E-state index is 0.204. The van der Waals surface area contributed by atoms with Crippen LogP contribution in [-0.2, 0) is 34.5 Å². The highest BCUT2D eigenvalue weighted by Crippen LogP contribution is 2.37. The van der Waals surface area contributed by atoms with Gasteiger partial charge >= 0.3 is 5.97 Å². The third-order valence-electron chi connectivity index (χ3n) is 6.90. The molecular weight excluding hydrogens is 454 g/mol. The predicted octanol–water partition coefficient (Wildman–Crippen LogP) is 5.25. The molecule has 2 atom stereocenters. The van der Waals surface area contributed by atoms with E-state index in [-0.39, 0.29) is 11.9 Å². The standard InChI is InChI=1S/C29H33N3O4/c1-18-7-10-22(15-23(18)17-36-16-21-8-11-24(34-5)12-9-21)27(20(3)29(33)35-6)25-13-14-26-28(19(25)2)30-31-32(26)4/h7-15,20,27H,16-17H2,1-6H3/t20-,27+/m1/s1. The van der Waals surface area contributed by atoms with Gasteiger partial charge in [-0.15, -0.1) is 5.10 Å². The molecule has 0 amide bonds. The van der Waals surface area contributed by atoms with Gasteiger partial charge in [0, 0.05) is 13.0 Å². The van der Waals surface area contributed by atoms with E-state index in [1.807, 2.05) is 51.2 Å². The van der Waals surface area contributed by atoms with Gasteiger partial charge in [0.15, 0.2) is 0 Å². The summed E-state index contributed by atoms with van der Waals surface area (Å²) in [5, 5.41) is 8.53. The van der Waals surface area contributed by atoms with Crippen LogP contribution in [0.15, 0.2) is 54.6 Å². The molecule has 1 heterocycles. The molecule has 0 bridgehead atoms. The topological polar surface area (TPSA) is 75.5 Å². The number of methoxy groups -OCH3 is 2. The normalized spacial score (nSPS) is 12.9. The second-order valence-corrected chi connectivity index (χ2v) is 9.18. The lowest BCUT2D eigenvalue weighted by Crippen LogP contribution is -2.23. The number of aryl methyl sites for hydroxylation is 3. The van der Waals surface area contributed by atoms with Crippen LogP contribution in [0.4, 0.5) is 0 Å². The van der Waals surface area contributed by atoms with Crippen molar-refractivity contribution < 1.29 is 19.0 Å². The maximum Gasteiger partial charge on any atom is 0.309 e. The molecule has 0 saturated carbocycles. The average molecular weight is 488 g/mol.